The first-order valence-corrected chi connectivity index (χ1v) is 16.8. The average Bonchev–Trinajstić information content (AvgIpc) is 2.88. The van der Waals surface area contributed by atoms with Crippen LogP contribution in [0.1, 0.15) is 162 Å². The van der Waals surface area contributed by atoms with E-state index in [1.165, 1.54) is 103 Å². The normalized spacial score (nSPS) is 11.4. The molecule has 0 saturated heterocycles. The van der Waals surface area contributed by atoms with Crippen LogP contribution in [0.3, 0.4) is 0 Å². The van der Waals surface area contributed by atoms with E-state index >= 15 is 0 Å². The summed E-state index contributed by atoms with van der Waals surface area (Å²) in [7, 11) is 0. The van der Waals surface area contributed by atoms with Gasteiger partial charge in [-0.1, -0.05) is 133 Å². The largest absolute Gasteiger partial charge is 0.466 e. The first-order valence-electron chi connectivity index (χ1n) is 15.7. The first kappa shape index (κ1) is 35.9. The molecule has 0 unspecified atom stereocenters. The van der Waals surface area contributed by atoms with Gasteiger partial charge in [-0.05, 0) is 32.1 Å². The lowest BCUT2D eigenvalue weighted by Crippen LogP contribution is -2.21. The maximum Gasteiger partial charge on any atom is 0.305 e. The highest BCUT2D eigenvalue weighted by Crippen LogP contribution is 2.13. The van der Waals surface area contributed by atoms with Crippen LogP contribution in [0.15, 0.2) is 0 Å². The third kappa shape index (κ3) is 28.4. The molecule has 0 atom stereocenters. The molecular formula is C31H61BrO4. The summed E-state index contributed by atoms with van der Waals surface area (Å²) in [6.07, 6.45) is 27.3. The van der Waals surface area contributed by atoms with Gasteiger partial charge in [-0.25, -0.2) is 0 Å². The van der Waals surface area contributed by atoms with E-state index in [2.05, 4.69) is 29.8 Å². The number of unbranched alkanes of at least 4 members (excludes halogenated alkanes) is 18. The van der Waals surface area contributed by atoms with Gasteiger partial charge in [0.15, 0.2) is 6.29 Å². The third-order valence-electron chi connectivity index (χ3n) is 6.73. The van der Waals surface area contributed by atoms with E-state index in [1.54, 1.807) is 0 Å². The Morgan fingerprint density at radius 3 is 1.39 bits per heavy atom. The number of carbonyl (C=O) groups excluding carboxylic acids is 1. The van der Waals surface area contributed by atoms with Crippen LogP contribution in [0.4, 0.5) is 0 Å². The van der Waals surface area contributed by atoms with Gasteiger partial charge in [-0.2, -0.15) is 0 Å². The molecule has 0 aliphatic rings. The molecule has 0 spiro atoms. The van der Waals surface area contributed by atoms with Gasteiger partial charge in [0, 0.05) is 25.0 Å². The number of halogens is 1. The quantitative estimate of drug-likeness (QED) is 0.0369. The highest BCUT2D eigenvalue weighted by atomic mass is 79.9. The van der Waals surface area contributed by atoms with E-state index in [0.717, 1.165) is 50.6 Å². The van der Waals surface area contributed by atoms with Crippen LogP contribution < -0.4 is 0 Å². The number of rotatable bonds is 30. The smallest absolute Gasteiger partial charge is 0.305 e. The Balaban J connectivity index is 4.00. The van der Waals surface area contributed by atoms with E-state index in [9.17, 15) is 4.79 Å². The Morgan fingerprint density at radius 1 is 0.556 bits per heavy atom. The molecule has 36 heavy (non-hydrogen) atoms. The van der Waals surface area contributed by atoms with E-state index in [1.807, 2.05) is 0 Å². The van der Waals surface area contributed by atoms with Gasteiger partial charge in [0.25, 0.3) is 0 Å². The van der Waals surface area contributed by atoms with Crippen molar-refractivity contribution in [1.82, 2.24) is 0 Å². The molecule has 0 aliphatic heterocycles. The zero-order valence-corrected chi connectivity index (χ0v) is 25.8. The third-order valence-corrected chi connectivity index (χ3v) is 7.29. The van der Waals surface area contributed by atoms with Gasteiger partial charge in [-0.3, -0.25) is 4.79 Å². The monoisotopic (exact) mass is 576 g/mol. The molecule has 216 valence electrons. The summed E-state index contributed by atoms with van der Waals surface area (Å²) >= 11 is 3.43. The molecule has 0 aromatic carbocycles. The molecule has 4 nitrogen and oxygen atoms in total. The predicted molar refractivity (Wildman–Crippen MR) is 158 cm³/mol. The van der Waals surface area contributed by atoms with Crippen LogP contribution in [0.2, 0.25) is 0 Å². The Labute approximate surface area is 233 Å². The highest BCUT2D eigenvalue weighted by Gasteiger charge is 2.13. The fourth-order valence-electron chi connectivity index (χ4n) is 4.34. The SMILES string of the molecule is CCCCCCCCCCCOC(CCC(=O)OCCCCCBr)OCCCCCCCCCCC. The number of carbonyl (C=O) groups is 1. The zero-order chi connectivity index (χ0) is 26.4. The van der Waals surface area contributed by atoms with Crippen molar-refractivity contribution < 1.29 is 19.0 Å². The second-order valence-corrected chi connectivity index (χ2v) is 11.1. The maximum absolute atomic E-state index is 12.1. The van der Waals surface area contributed by atoms with Crippen molar-refractivity contribution in [2.24, 2.45) is 0 Å². The minimum Gasteiger partial charge on any atom is -0.466 e. The molecule has 0 radical (unpaired) electrons. The van der Waals surface area contributed by atoms with Crippen LogP contribution in [0.25, 0.3) is 0 Å². The van der Waals surface area contributed by atoms with Gasteiger partial charge in [0.1, 0.15) is 0 Å². The summed E-state index contributed by atoms with van der Waals surface area (Å²) in [6, 6.07) is 0. The Hall–Kier alpha value is -0.130. The molecule has 5 heteroatoms. The van der Waals surface area contributed by atoms with Crippen molar-refractivity contribution in [3.63, 3.8) is 0 Å². The lowest BCUT2D eigenvalue weighted by Gasteiger charge is -2.18. The Kier molecular flexibility index (Phi) is 31.0. The molecule has 0 N–H and O–H groups in total. The van der Waals surface area contributed by atoms with Crippen molar-refractivity contribution in [3.8, 4) is 0 Å². The van der Waals surface area contributed by atoms with E-state index in [0.29, 0.717) is 19.4 Å². The molecule has 0 rings (SSSR count). The Bertz CT molecular complexity index is 409. The van der Waals surface area contributed by atoms with Crippen LogP contribution in [-0.4, -0.2) is 37.4 Å². The van der Waals surface area contributed by atoms with Gasteiger partial charge < -0.3 is 14.2 Å². The lowest BCUT2D eigenvalue weighted by molar-refractivity contribution is -0.159. The highest BCUT2D eigenvalue weighted by molar-refractivity contribution is 9.09. The molecule has 0 aromatic heterocycles. The molecule has 0 amide bonds. The van der Waals surface area contributed by atoms with Crippen LogP contribution in [0, 0.1) is 0 Å². The van der Waals surface area contributed by atoms with E-state index in [-0.39, 0.29) is 12.3 Å². The van der Waals surface area contributed by atoms with Crippen LogP contribution >= 0.6 is 15.9 Å². The number of esters is 1. The molecular weight excluding hydrogens is 516 g/mol. The van der Waals surface area contributed by atoms with Crippen molar-refractivity contribution in [1.29, 1.82) is 0 Å². The summed E-state index contributed by atoms with van der Waals surface area (Å²) in [4.78, 5) is 12.1. The Morgan fingerprint density at radius 2 is 0.944 bits per heavy atom. The van der Waals surface area contributed by atoms with Crippen LogP contribution in [0.5, 0.6) is 0 Å². The fraction of sp³-hybridized carbons (Fsp3) is 0.968. The van der Waals surface area contributed by atoms with E-state index < -0.39 is 0 Å². The first-order chi connectivity index (χ1) is 17.7. The lowest BCUT2D eigenvalue weighted by atomic mass is 10.1. The number of alkyl halides is 1. The van der Waals surface area contributed by atoms with Crippen molar-refractivity contribution in [2.75, 3.05) is 25.2 Å². The summed E-state index contributed by atoms with van der Waals surface area (Å²) in [6.45, 7) is 6.50. The van der Waals surface area contributed by atoms with Gasteiger partial charge >= 0.3 is 5.97 Å². The van der Waals surface area contributed by atoms with E-state index in [4.69, 9.17) is 14.2 Å². The van der Waals surface area contributed by atoms with Crippen molar-refractivity contribution in [2.45, 2.75) is 168 Å². The summed E-state index contributed by atoms with van der Waals surface area (Å²) in [5, 5.41) is 1.01. The standard InChI is InChI=1S/C31H61BrO4/c1-3-5-7-9-11-13-15-17-21-28-35-31(25-24-30(33)34-27-23-19-20-26-32)36-29-22-18-16-14-12-10-8-6-4-2/h31H,3-29H2,1-2H3. The fourth-order valence-corrected chi connectivity index (χ4v) is 4.73. The van der Waals surface area contributed by atoms with Gasteiger partial charge in [0.2, 0.25) is 0 Å². The minimum atomic E-state index is -0.283. The maximum atomic E-state index is 12.1. The number of ether oxygens (including phenoxy) is 3. The molecule has 0 fully saturated rings. The second-order valence-electron chi connectivity index (χ2n) is 10.3. The number of hydrogen-bond acceptors (Lipinski definition) is 4. The molecule has 0 bridgehead atoms. The van der Waals surface area contributed by atoms with Gasteiger partial charge in [-0.15, -0.1) is 0 Å². The molecule has 0 aromatic rings. The molecule has 0 heterocycles. The topological polar surface area (TPSA) is 44.8 Å². The summed E-state index contributed by atoms with van der Waals surface area (Å²) < 4.78 is 17.5. The zero-order valence-electron chi connectivity index (χ0n) is 24.2. The van der Waals surface area contributed by atoms with Crippen LogP contribution in [-0.2, 0) is 19.0 Å². The second kappa shape index (κ2) is 31.1. The van der Waals surface area contributed by atoms with Gasteiger partial charge in [0.05, 0.1) is 13.0 Å². The average molecular weight is 578 g/mol. The minimum absolute atomic E-state index is 0.128. The van der Waals surface area contributed by atoms with Crippen molar-refractivity contribution >= 4 is 21.9 Å². The summed E-state index contributed by atoms with van der Waals surface area (Å²) in [5.41, 5.74) is 0. The van der Waals surface area contributed by atoms with Crippen molar-refractivity contribution in [3.05, 3.63) is 0 Å². The predicted octanol–water partition coefficient (Wildman–Crippen LogP) is 10.3. The summed E-state index contributed by atoms with van der Waals surface area (Å²) in [5.74, 6) is -0.128. The molecule has 0 saturated carbocycles. The number of hydrogen-bond donors (Lipinski definition) is 0. The molecule has 0 aliphatic carbocycles.